The van der Waals surface area contributed by atoms with Crippen molar-refractivity contribution in [2.45, 2.75) is 51.0 Å². The molecule has 5 heteroatoms. The summed E-state index contributed by atoms with van der Waals surface area (Å²) in [6.07, 6.45) is 5.69. The first-order valence-corrected chi connectivity index (χ1v) is 7.91. The van der Waals surface area contributed by atoms with Crippen LogP contribution in [0, 0.1) is 0 Å². The molecule has 0 N–H and O–H groups in total. The van der Waals surface area contributed by atoms with Crippen molar-refractivity contribution in [1.29, 1.82) is 0 Å². The van der Waals surface area contributed by atoms with Gasteiger partial charge in [0.2, 0.25) is 0 Å². The molecule has 104 valence electrons. The lowest BCUT2D eigenvalue weighted by Gasteiger charge is -2.34. The smallest absolute Gasteiger partial charge is 0.315 e. The SMILES string of the molecule is CCOC(=O)C1CCc2sc(N(C)C3CCC3)nc21. The molecule has 1 saturated carbocycles. The zero-order chi connectivity index (χ0) is 13.4. The maximum atomic E-state index is 11.9. The highest BCUT2D eigenvalue weighted by atomic mass is 32.1. The van der Waals surface area contributed by atoms with Gasteiger partial charge in [0.15, 0.2) is 5.13 Å². The van der Waals surface area contributed by atoms with E-state index in [4.69, 9.17) is 9.72 Å². The first-order chi connectivity index (χ1) is 9.20. The number of rotatable bonds is 4. The van der Waals surface area contributed by atoms with Crippen LogP contribution in [0.4, 0.5) is 5.13 Å². The van der Waals surface area contributed by atoms with Crippen LogP contribution in [-0.4, -0.2) is 30.6 Å². The van der Waals surface area contributed by atoms with Crippen molar-refractivity contribution in [3.8, 4) is 0 Å². The minimum absolute atomic E-state index is 0.107. The van der Waals surface area contributed by atoms with E-state index in [-0.39, 0.29) is 11.9 Å². The Morgan fingerprint density at radius 3 is 2.89 bits per heavy atom. The molecule has 0 radical (unpaired) electrons. The van der Waals surface area contributed by atoms with Gasteiger partial charge in [-0.15, -0.1) is 11.3 Å². The van der Waals surface area contributed by atoms with Gasteiger partial charge in [0.25, 0.3) is 0 Å². The number of aromatic nitrogens is 1. The third kappa shape index (κ3) is 2.24. The summed E-state index contributed by atoms with van der Waals surface area (Å²) in [5, 5.41) is 1.07. The Balaban J connectivity index is 1.78. The van der Waals surface area contributed by atoms with E-state index in [2.05, 4.69) is 11.9 Å². The average Bonchev–Trinajstić information content (AvgIpc) is 2.85. The number of hydrogen-bond acceptors (Lipinski definition) is 5. The number of carbonyl (C=O) groups is 1. The number of ether oxygens (including phenoxy) is 1. The maximum absolute atomic E-state index is 11.9. The fraction of sp³-hybridized carbons (Fsp3) is 0.714. The lowest BCUT2D eigenvalue weighted by Crippen LogP contribution is -2.37. The molecule has 3 rings (SSSR count). The molecule has 2 aliphatic carbocycles. The average molecular weight is 280 g/mol. The number of esters is 1. The molecule has 4 nitrogen and oxygen atoms in total. The first kappa shape index (κ1) is 12.9. The lowest BCUT2D eigenvalue weighted by atomic mass is 9.92. The molecule has 1 aromatic heterocycles. The van der Waals surface area contributed by atoms with Gasteiger partial charge in [0.1, 0.15) is 5.92 Å². The Bertz CT molecular complexity index is 482. The third-order valence-electron chi connectivity index (χ3n) is 4.20. The largest absolute Gasteiger partial charge is 0.465 e. The molecule has 1 heterocycles. The Morgan fingerprint density at radius 1 is 1.47 bits per heavy atom. The highest BCUT2D eigenvalue weighted by molar-refractivity contribution is 7.15. The summed E-state index contributed by atoms with van der Waals surface area (Å²) in [4.78, 5) is 20.2. The number of nitrogens with zero attached hydrogens (tertiary/aromatic N) is 2. The normalized spacial score (nSPS) is 21.9. The molecule has 1 unspecified atom stereocenters. The van der Waals surface area contributed by atoms with Crippen LogP contribution in [0.15, 0.2) is 0 Å². The standard InChI is InChI=1S/C14H20N2O2S/c1-3-18-13(17)10-7-8-11-12(10)15-14(19-11)16(2)9-5-4-6-9/h9-10H,3-8H2,1-2H3. The number of carbonyl (C=O) groups excluding carboxylic acids is 1. The molecule has 0 amide bonds. The summed E-state index contributed by atoms with van der Waals surface area (Å²) in [6.45, 7) is 2.30. The van der Waals surface area contributed by atoms with Crippen LogP contribution in [-0.2, 0) is 16.0 Å². The van der Waals surface area contributed by atoms with Crippen molar-refractivity contribution < 1.29 is 9.53 Å². The van der Waals surface area contributed by atoms with Gasteiger partial charge in [-0.05, 0) is 39.0 Å². The molecule has 19 heavy (non-hydrogen) atoms. The first-order valence-electron chi connectivity index (χ1n) is 7.09. The number of hydrogen-bond donors (Lipinski definition) is 0. The summed E-state index contributed by atoms with van der Waals surface area (Å²) in [6, 6.07) is 0.646. The van der Waals surface area contributed by atoms with Gasteiger partial charge in [0, 0.05) is 18.0 Å². The zero-order valence-corrected chi connectivity index (χ0v) is 12.3. The van der Waals surface area contributed by atoms with Gasteiger partial charge in [-0.25, -0.2) is 4.98 Å². The van der Waals surface area contributed by atoms with Crippen molar-refractivity contribution >= 4 is 22.4 Å². The monoisotopic (exact) mass is 280 g/mol. The van der Waals surface area contributed by atoms with Crippen LogP contribution < -0.4 is 4.90 Å². The minimum atomic E-state index is -0.130. The molecule has 1 atom stereocenters. The van der Waals surface area contributed by atoms with E-state index in [1.807, 2.05) is 6.92 Å². The summed E-state index contributed by atoms with van der Waals surface area (Å²) in [5.74, 6) is -0.237. The van der Waals surface area contributed by atoms with Gasteiger partial charge in [-0.2, -0.15) is 0 Å². The molecule has 0 saturated heterocycles. The van der Waals surface area contributed by atoms with Gasteiger partial charge < -0.3 is 9.64 Å². The second-order valence-corrected chi connectivity index (χ2v) is 6.41. The van der Waals surface area contributed by atoms with E-state index < -0.39 is 0 Å². The Morgan fingerprint density at radius 2 is 2.26 bits per heavy atom. The van der Waals surface area contributed by atoms with Crippen LogP contribution in [0.5, 0.6) is 0 Å². The fourth-order valence-corrected chi connectivity index (χ4v) is 3.94. The molecule has 2 aliphatic rings. The van der Waals surface area contributed by atoms with Crippen molar-refractivity contribution in [1.82, 2.24) is 4.98 Å². The molecule has 1 aromatic rings. The van der Waals surface area contributed by atoms with Crippen LogP contribution >= 0.6 is 11.3 Å². The van der Waals surface area contributed by atoms with Crippen LogP contribution in [0.2, 0.25) is 0 Å². The fourth-order valence-electron chi connectivity index (χ4n) is 2.77. The molecular formula is C14H20N2O2S. The summed E-state index contributed by atoms with van der Waals surface area (Å²) in [7, 11) is 2.12. The van der Waals surface area contributed by atoms with Crippen molar-refractivity contribution in [2.24, 2.45) is 0 Å². The molecule has 0 bridgehead atoms. The van der Waals surface area contributed by atoms with E-state index >= 15 is 0 Å². The highest BCUT2D eigenvalue weighted by Crippen LogP contribution is 2.41. The van der Waals surface area contributed by atoms with E-state index in [9.17, 15) is 4.79 Å². The van der Waals surface area contributed by atoms with E-state index in [1.165, 1.54) is 24.1 Å². The second-order valence-electron chi connectivity index (χ2n) is 5.34. The molecular weight excluding hydrogens is 260 g/mol. The highest BCUT2D eigenvalue weighted by Gasteiger charge is 2.35. The molecule has 0 aromatic carbocycles. The minimum Gasteiger partial charge on any atom is -0.465 e. The van der Waals surface area contributed by atoms with E-state index in [0.717, 1.165) is 23.7 Å². The third-order valence-corrected chi connectivity index (χ3v) is 5.42. The molecule has 1 fully saturated rings. The van der Waals surface area contributed by atoms with Gasteiger partial charge in [-0.1, -0.05) is 0 Å². The zero-order valence-electron chi connectivity index (χ0n) is 11.5. The number of thiazole rings is 1. The summed E-state index contributed by atoms with van der Waals surface area (Å²) < 4.78 is 5.14. The number of anilines is 1. The van der Waals surface area contributed by atoms with Crippen molar-refractivity contribution in [2.75, 3.05) is 18.6 Å². The van der Waals surface area contributed by atoms with E-state index in [0.29, 0.717) is 12.6 Å². The Labute approximate surface area is 117 Å². The topological polar surface area (TPSA) is 42.4 Å². The van der Waals surface area contributed by atoms with Gasteiger partial charge in [-0.3, -0.25) is 4.79 Å². The van der Waals surface area contributed by atoms with Crippen LogP contribution in [0.3, 0.4) is 0 Å². The second kappa shape index (κ2) is 5.12. The number of fused-ring (bicyclic) bond motifs is 1. The maximum Gasteiger partial charge on any atom is 0.315 e. The van der Waals surface area contributed by atoms with Gasteiger partial charge in [0.05, 0.1) is 12.3 Å². The van der Waals surface area contributed by atoms with E-state index in [1.54, 1.807) is 11.3 Å². The van der Waals surface area contributed by atoms with Crippen molar-refractivity contribution in [3.63, 3.8) is 0 Å². The quantitative estimate of drug-likeness (QED) is 0.795. The lowest BCUT2D eigenvalue weighted by molar-refractivity contribution is -0.145. The number of aryl methyl sites for hydroxylation is 1. The summed E-state index contributed by atoms with van der Waals surface area (Å²) in [5.41, 5.74) is 0.977. The summed E-state index contributed by atoms with van der Waals surface area (Å²) >= 11 is 1.75. The van der Waals surface area contributed by atoms with Crippen LogP contribution in [0.25, 0.3) is 0 Å². The Hall–Kier alpha value is -1.10. The molecule has 0 spiro atoms. The van der Waals surface area contributed by atoms with Crippen molar-refractivity contribution in [3.05, 3.63) is 10.6 Å². The van der Waals surface area contributed by atoms with Gasteiger partial charge >= 0.3 is 5.97 Å². The Kier molecular flexibility index (Phi) is 3.48. The molecule has 0 aliphatic heterocycles. The van der Waals surface area contributed by atoms with Crippen LogP contribution in [0.1, 0.15) is 49.1 Å². The predicted molar refractivity (Wildman–Crippen MR) is 75.9 cm³/mol. The predicted octanol–water partition coefficient (Wildman–Crippen LogP) is 2.72.